The molecular weight excluding hydrogens is 280 g/mol. The average molecular weight is 301 g/mol. The van der Waals surface area contributed by atoms with Gasteiger partial charge < -0.3 is 14.6 Å². The van der Waals surface area contributed by atoms with Gasteiger partial charge in [0.1, 0.15) is 6.61 Å². The number of hydrogen-bond acceptors (Lipinski definition) is 5. The summed E-state index contributed by atoms with van der Waals surface area (Å²) < 4.78 is 33.9. The Balaban J connectivity index is 1.42. The molecule has 118 valence electrons. The van der Waals surface area contributed by atoms with Crippen molar-refractivity contribution in [3.8, 4) is 0 Å². The van der Waals surface area contributed by atoms with Gasteiger partial charge in [-0.15, -0.1) is 0 Å². The van der Waals surface area contributed by atoms with Crippen molar-refractivity contribution in [3.05, 3.63) is 11.7 Å². The Morgan fingerprint density at radius 2 is 2.05 bits per heavy atom. The molecule has 21 heavy (non-hydrogen) atoms. The highest BCUT2D eigenvalue weighted by molar-refractivity contribution is 4.96. The summed E-state index contributed by atoms with van der Waals surface area (Å²) in [5.74, 6) is 1.80. The molecule has 2 bridgehead atoms. The smallest absolute Gasteiger partial charge is 0.261 e. The molecule has 2 unspecified atom stereocenters. The highest BCUT2D eigenvalue weighted by Crippen LogP contribution is 2.32. The number of ether oxygens (including phenoxy) is 1. The van der Waals surface area contributed by atoms with E-state index in [1.807, 2.05) is 0 Å². The number of aromatic nitrogens is 2. The maximum absolute atomic E-state index is 11.9. The van der Waals surface area contributed by atoms with Crippen molar-refractivity contribution in [3.63, 3.8) is 0 Å². The lowest BCUT2D eigenvalue weighted by Crippen LogP contribution is -2.38. The van der Waals surface area contributed by atoms with Gasteiger partial charge in [0.05, 0.1) is 6.61 Å². The Bertz CT molecular complexity index is 443. The Hall–Kier alpha value is -1.08. The van der Waals surface area contributed by atoms with Crippen LogP contribution in [0.25, 0.3) is 0 Å². The minimum atomic E-state index is -2.43. The Labute approximate surface area is 122 Å². The number of piperidine rings is 1. The molecule has 1 aromatic heterocycles. The van der Waals surface area contributed by atoms with Gasteiger partial charge in [0.25, 0.3) is 6.43 Å². The van der Waals surface area contributed by atoms with Crippen LogP contribution in [-0.4, -0.2) is 41.9 Å². The first-order valence-electron chi connectivity index (χ1n) is 7.62. The highest BCUT2D eigenvalue weighted by atomic mass is 19.3. The lowest BCUT2D eigenvalue weighted by molar-refractivity contribution is 0.0182. The number of nitrogens with zero attached hydrogens (tertiary/aromatic N) is 2. The van der Waals surface area contributed by atoms with E-state index < -0.39 is 13.0 Å². The van der Waals surface area contributed by atoms with Crippen molar-refractivity contribution in [1.29, 1.82) is 0 Å². The number of nitrogens with one attached hydrogen (secondary N) is 1. The number of fused-ring (bicyclic) bond motifs is 2. The topological polar surface area (TPSA) is 60.2 Å². The second-order valence-electron chi connectivity index (χ2n) is 6.00. The van der Waals surface area contributed by atoms with Crippen LogP contribution in [-0.2, 0) is 17.6 Å². The molecule has 2 aliphatic rings. The van der Waals surface area contributed by atoms with Crippen molar-refractivity contribution in [2.75, 3.05) is 13.2 Å². The summed E-state index contributed by atoms with van der Waals surface area (Å²) in [5, 5.41) is 7.49. The molecule has 2 fully saturated rings. The summed E-state index contributed by atoms with van der Waals surface area (Å²) in [6.45, 7) is -0.344. The van der Waals surface area contributed by atoms with E-state index in [-0.39, 0.29) is 6.61 Å². The third-order valence-corrected chi connectivity index (χ3v) is 4.26. The summed E-state index contributed by atoms with van der Waals surface area (Å²) in [6.07, 6.45) is 3.70. The fourth-order valence-electron chi connectivity index (χ4n) is 3.40. The van der Waals surface area contributed by atoms with E-state index >= 15 is 0 Å². The number of rotatable bonds is 7. The van der Waals surface area contributed by atoms with Crippen molar-refractivity contribution in [2.24, 2.45) is 5.92 Å². The molecule has 0 radical (unpaired) electrons. The number of alkyl halides is 2. The van der Waals surface area contributed by atoms with Crippen LogP contribution < -0.4 is 5.32 Å². The molecule has 1 N–H and O–H groups in total. The molecule has 5 nitrogen and oxygen atoms in total. The van der Waals surface area contributed by atoms with Crippen LogP contribution >= 0.6 is 0 Å². The standard InChI is InChI=1S/C14H21F2N3O2/c15-12(16)8-20-4-3-13-18-14(21-19-13)7-9-5-10-1-2-11(6-9)17-10/h9-12,17H,1-8H2. The summed E-state index contributed by atoms with van der Waals surface area (Å²) in [4.78, 5) is 4.33. The van der Waals surface area contributed by atoms with E-state index in [1.54, 1.807) is 0 Å². The van der Waals surface area contributed by atoms with Gasteiger partial charge in [-0.3, -0.25) is 0 Å². The maximum atomic E-state index is 11.9. The first kappa shape index (κ1) is 14.8. The minimum Gasteiger partial charge on any atom is -0.375 e. The predicted molar refractivity (Wildman–Crippen MR) is 71.2 cm³/mol. The molecule has 0 saturated carbocycles. The molecule has 0 aromatic carbocycles. The molecule has 0 spiro atoms. The summed E-state index contributed by atoms with van der Waals surface area (Å²) in [5.41, 5.74) is 0. The van der Waals surface area contributed by atoms with E-state index in [4.69, 9.17) is 9.26 Å². The number of halogens is 2. The molecule has 3 heterocycles. The Morgan fingerprint density at radius 1 is 1.29 bits per heavy atom. The summed E-state index contributed by atoms with van der Waals surface area (Å²) in [7, 11) is 0. The van der Waals surface area contributed by atoms with E-state index in [0.29, 0.717) is 36.1 Å². The van der Waals surface area contributed by atoms with Crippen molar-refractivity contribution >= 4 is 0 Å². The Morgan fingerprint density at radius 3 is 2.76 bits per heavy atom. The molecule has 3 rings (SSSR count). The van der Waals surface area contributed by atoms with Crippen LogP contribution in [0.2, 0.25) is 0 Å². The summed E-state index contributed by atoms with van der Waals surface area (Å²) >= 11 is 0. The van der Waals surface area contributed by atoms with E-state index in [1.165, 1.54) is 25.7 Å². The molecule has 2 aliphatic heterocycles. The second-order valence-corrected chi connectivity index (χ2v) is 6.00. The van der Waals surface area contributed by atoms with Crippen molar-refractivity contribution < 1.29 is 18.0 Å². The Kier molecular flexibility index (Phi) is 4.80. The fourth-order valence-corrected chi connectivity index (χ4v) is 3.40. The summed E-state index contributed by atoms with van der Waals surface area (Å²) in [6, 6.07) is 1.30. The molecule has 2 saturated heterocycles. The molecular formula is C14H21F2N3O2. The largest absolute Gasteiger partial charge is 0.375 e. The van der Waals surface area contributed by atoms with Gasteiger partial charge in [0.15, 0.2) is 5.82 Å². The quantitative estimate of drug-likeness (QED) is 0.780. The average Bonchev–Trinajstić information content (AvgIpc) is 3.01. The van der Waals surface area contributed by atoms with Crippen LogP contribution in [0.15, 0.2) is 4.52 Å². The van der Waals surface area contributed by atoms with Crippen molar-refractivity contribution in [2.45, 2.75) is 57.0 Å². The third kappa shape index (κ3) is 4.20. The van der Waals surface area contributed by atoms with Gasteiger partial charge in [-0.2, -0.15) is 4.98 Å². The third-order valence-electron chi connectivity index (χ3n) is 4.26. The van der Waals surface area contributed by atoms with Crippen molar-refractivity contribution in [1.82, 2.24) is 15.5 Å². The monoisotopic (exact) mass is 301 g/mol. The zero-order valence-electron chi connectivity index (χ0n) is 11.9. The first-order valence-corrected chi connectivity index (χ1v) is 7.62. The molecule has 2 atom stereocenters. The van der Waals surface area contributed by atoms with Gasteiger partial charge in [-0.05, 0) is 31.6 Å². The minimum absolute atomic E-state index is 0.195. The normalized spacial score (nSPS) is 28.4. The van der Waals surface area contributed by atoms with Crippen LogP contribution in [0.1, 0.15) is 37.4 Å². The van der Waals surface area contributed by atoms with E-state index in [2.05, 4.69) is 15.5 Å². The zero-order valence-corrected chi connectivity index (χ0v) is 11.9. The van der Waals surface area contributed by atoms with Crippen LogP contribution in [0.4, 0.5) is 8.78 Å². The fraction of sp³-hybridized carbons (Fsp3) is 0.857. The van der Waals surface area contributed by atoms with Gasteiger partial charge in [-0.25, -0.2) is 8.78 Å². The second kappa shape index (κ2) is 6.79. The molecule has 0 amide bonds. The highest BCUT2D eigenvalue weighted by Gasteiger charge is 2.34. The zero-order chi connectivity index (χ0) is 14.7. The number of hydrogen-bond donors (Lipinski definition) is 1. The molecule has 1 aromatic rings. The first-order chi connectivity index (χ1) is 10.2. The molecule has 0 aliphatic carbocycles. The van der Waals surface area contributed by atoms with Gasteiger partial charge in [0.2, 0.25) is 5.89 Å². The lowest BCUT2D eigenvalue weighted by Gasteiger charge is -2.28. The van der Waals surface area contributed by atoms with E-state index in [9.17, 15) is 8.78 Å². The van der Waals surface area contributed by atoms with Crippen LogP contribution in [0.5, 0.6) is 0 Å². The van der Waals surface area contributed by atoms with E-state index in [0.717, 1.165) is 6.42 Å². The predicted octanol–water partition coefficient (Wildman–Crippen LogP) is 1.97. The van der Waals surface area contributed by atoms with Gasteiger partial charge in [0, 0.05) is 24.9 Å². The SMILES string of the molecule is FC(F)COCCc1noc(CC2CC3CCC(C2)N3)n1. The van der Waals surface area contributed by atoms with Gasteiger partial charge >= 0.3 is 0 Å². The van der Waals surface area contributed by atoms with Gasteiger partial charge in [-0.1, -0.05) is 5.16 Å². The maximum Gasteiger partial charge on any atom is 0.261 e. The lowest BCUT2D eigenvalue weighted by atomic mass is 9.90. The van der Waals surface area contributed by atoms with Crippen LogP contribution in [0.3, 0.4) is 0 Å². The molecule has 7 heteroatoms. The van der Waals surface area contributed by atoms with Crippen LogP contribution in [0, 0.1) is 5.92 Å².